The zero-order chi connectivity index (χ0) is 20.7. The van der Waals surface area contributed by atoms with Crippen LogP contribution in [-0.4, -0.2) is 26.2 Å². The van der Waals surface area contributed by atoms with Gasteiger partial charge in [0, 0.05) is 32.1 Å². The molecule has 1 amide bonds. The number of alkyl halides is 6. The highest BCUT2D eigenvalue weighted by Gasteiger charge is 2.36. The number of rotatable bonds is 7. The minimum absolute atomic E-state index is 0.0252. The van der Waals surface area contributed by atoms with E-state index in [1.54, 1.807) is 0 Å². The average molecular weight is 395 g/mol. The second-order valence-electron chi connectivity index (χ2n) is 5.21. The smallest absolute Gasteiger partial charge is 0.385 e. The highest BCUT2D eigenvalue weighted by Crippen LogP contribution is 2.37. The van der Waals surface area contributed by atoms with Gasteiger partial charge in [-0.3, -0.25) is 4.79 Å². The molecule has 0 atom stereocenters. The number of carbonyl (C=O) groups is 1. The van der Waals surface area contributed by atoms with E-state index in [4.69, 9.17) is 10.00 Å². The predicted octanol–water partition coefficient (Wildman–Crippen LogP) is 3.70. The van der Waals surface area contributed by atoms with E-state index in [0.29, 0.717) is 25.2 Å². The van der Waals surface area contributed by atoms with Crippen LogP contribution in [0.1, 0.15) is 17.5 Å². The summed E-state index contributed by atoms with van der Waals surface area (Å²) in [6.45, 7) is 0.530. The summed E-state index contributed by atoms with van der Waals surface area (Å²) in [4.78, 5) is 11.8. The minimum atomic E-state index is -5.00. The Morgan fingerprint density at radius 2 is 1.70 bits per heavy atom. The summed E-state index contributed by atoms with van der Waals surface area (Å²) in [5, 5.41) is 13.4. The van der Waals surface area contributed by atoms with Crippen molar-refractivity contribution in [3.05, 3.63) is 41.1 Å². The summed E-state index contributed by atoms with van der Waals surface area (Å²) < 4.78 is 81.5. The highest BCUT2D eigenvalue weighted by atomic mass is 19.4. The van der Waals surface area contributed by atoms with Gasteiger partial charge >= 0.3 is 12.4 Å². The molecular weight excluding hydrogens is 380 g/mol. The van der Waals surface area contributed by atoms with Gasteiger partial charge < -0.3 is 15.4 Å². The molecule has 0 aliphatic heterocycles. The molecule has 2 N–H and O–H groups in total. The summed E-state index contributed by atoms with van der Waals surface area (Å²) in [5.74, 6) is -0.830. The summed E-state index contributed by atoms with van der Waals surface area (Å²) in [6, 6.07) is 2.37. The van der Waals surface area contributed by atoms with Crippen molar-refractivity contribution in [1.82, 2.24) is 5.32 Å². The molecule has 27 heavy (non-hydrogen) atoms. The molecule has 0 saturated heterocycles. The van der Waals surface area contributed by atoms with Gasteiger partial charge in [0.2, 0.25) is 0 Å². The van der Waals surface area contributed by atoms with Crippen molar-refractivity contribution in [1.29, 1.82) is 5.26 Å². The molecule has 0 aliphatic rings. The lowest BCUT2D eigenvalue weighted by Gasteiger charge is -2.14. The summed E-state index contributed by atoms with van der Waals surface area (Å²) in [6.07, 6.45) is -8.81. The van der Waals surface area contributed by atoms with Crippen molar-refractivity contribution in [2.24, 2.45) is 0 Å². The Bertz CT molecular complexity index is 703. The molecular formula is C16H15F6N3O2. The summed E-state index contributed by atoms with van der Waals surface area (Å²) >= 11 is 0. The number of nitrogens with zero attached hydrogens (tertiary/aromatic N) is 1. The van der Waals surface area contributed by atoms with E-state index in [2.05, 4.69) is 10.6 Å². The van der Waals surface area contributed by atoms with Crippen molar-refractivity contribution >= 4 is 11.6 Å². The number of halogens is 6. The normalized spacial score (nSPS) is 12.4. The van der Waals surface area contributed by atoms with Gasteiger partial charge in [0.15, 0.2) is 0 Å². The third-order valence-electron chi connectivity index (χ3n) is 3.15. The van der Waals surface area contributed by atoms with E-state index >= 15 is 0 Å². The van der Waals surface area contributed by atoms with Gasteiger partial charge in [0.05, 0.1) is 11.1 Å². The first kappa shape index (κ1) is 22.3. The lowest BCUT2D eigenvalue weighted by atomic mass is 10.1. The molecule has 0 aromatic heterocycles. The molecule has 0 spiro atoms. The van der Waals surface area contributed by atoms with Crippen LogP contribution in [0.4, 0.5) is 32.0 Å². The molecule has 0 fully saturated rings. The lowest BCUT2D eigenvalue weighted by Crippen LogP contribution is -2.26. The predicted molar refractivity (Wildman–Crippen MR) is 83.3 cm³/mol. The number of nitriles is 1. The zero-order valence-electron chi connectivity index (χ0n) is 14.0. The van der Waals surface area contributed by atoms with Crippen LogP contribution in [0.3, 0.4) is 0 Å². The first-order valence-electron chi connectivity index (χ1n) is 7.42. The van der Waals surface area contributed by atoms with Gasteiger partial charge in [0.25, 0.3) is 5.91 Å². The highest BCUT2D eigenvalue weighted by molar-refractivity contribution is 5.97. The van der Waals surface area contributed by atoms with Crippen molar-refractivity contribution in [3.63, 3.8) is 0 Å². The Morgan fingerprint density at radius 1 is 1.15 bits per heavy atom. The van der Waals surface area contributed by atoms with Gasteiger partial charge in [0.1, 0.15) is 11.6 Å². The molecule has 0 heterocycles. The topological polar surface area (TPSA) is 74.1 Å². The number of carbonyl (C=O) groups excluding carboxylic acids is 1. The monoisotopic (exact) mass is 395 g/mol. The molecule has 0 radical (unpaired) electrons. The maximum atomic E-state index is 12.8. The van der Waals surface area contributed by atoms with E-state index in [-0.39, 0.29) is 12.6 Å². The summed E-state index contributed by atoms with van der Waals surface area (Å²) in [7, 11) is 1.45. The zero-order valence-corrected chi connectivity index (χ0v) is 14.0. The van der Waals surface area contributed by atoms with Crippen molar-refractivity contribution in [2.75, 3.05) is 25.6 Å². The van der Waals surface area contributed by atoms with Gasteiger partial charge in [-0.05, 0) is 24.6 Å². The average Bonchev–Trinajstić information content (AvgIpc) is 2.57. The Hall–Kier alpha value is -2.74. The van der Waals surface area contributed by atoms with Gasteiger partial charge in [-0.1, -0.05) is 0 Å². The molecule has 148 valence electrons. The van der Waals surface area contributed by atoms with Gasteiger partial charge in [-0.15, -0.1) is 0 Å². The van der Waals surface area contributed by atoms with E-state index in [0.717, 1.165) is 6.20 Å². The molecule has 0 saturated carbocycles. The van der Waals surface area contributed by atoms with Crippen LogP contribution in [0.2, 0.25) is 0 Å². The maximum absolute atomic E-state index is 12.8. The molecule has 0 bridgehead atoms. The lowest BCUT2D eigenvalue weighted by molar-refractivity contribution is -0.143. The molecule has 1 rings (SSSR count). The standard InChI is InChI=1S/C16H15F6N3O2/c1-27-4-2-3-24-14(26)10(8-23)9-25-13-6-11(15(17,18)19)5-12(7-13)16(20,21)22/h5-7,9,25H,2-4H2,1H3,(H,24,26)/b10-9-. The second-order valence-corrected chi connectivity index (χ2v) is 5.21. The minimum Gasteiger partial charge on any atom is -0.385 e. The molecule has 11 heteroatoms. The molecule has 5 nitrogen and oxygen atoms in total. The van der Waals surface area contributed by atoms with Crippen LogP contribution in [0.15, 0.2) is 30.0 Å². The quantitative estimate of drug-likeness (QED) is 0.320. The summed E-state index contributed by atoms with van der Waals surface area (Å²) in [5.41, 5.74) is -4.12. The molecule has 0 unspecified atom stereocenters. The fourth-order valence-electron chi connectivity index (χ4n) is 1.86. The van der Waals surface area contributed by atoms with Gasteiger partial charge in [-0.2, -0.15) is 31.6 Å². The maximum Gasteiger partial charge on any atom is 0.416 e. The largest absolute Gasteiger partial charge is 0.416 e. The van der Waals surface area contributed by atoms with Crippen molar-refractivity contribution < 1.29 is 35.9 Å². The van der Waals surface area contributed by atoms with E-state index in [1.165, 1.54) is 13.2 Å². The van der Waals surface area contributed by atoms with Gasteiger partial charge in [-0.25, -0.2) is 0 Å². The fraction of sp³-hybridized carbons (Fsp3) is 0.375. The van der Waals surface area contributed by atoms with Crippen LogP contribution in [0.5, 0.6) is 0 Å². The number of methoxy groups -OCH3 is 1. The fourth-order valence-corrected chi connectivity index (χ4v) is 1.86. The number of anilines is 1. The van der Waals surface area contributed by atoms with Crippen LogP contribution >= 0.6 is 0 Å². The number of ether oxygens (including phenoxy) is 1. The third kappa shape index (κ3) is 7.18. The van der Waals surface area contributed by atoms with Crippen LogP contribution in [-0.2, 0) is 21.9 Å². The molecule has 0 aliphatic carbocycles. The number of hydrogen-bond donors (Lipinski definition) is 2. The molecule has 1 aromatic carbocycles. The van der Waals surface area contributed by atoms with E-state index in [1.807, 2.05) is 0 Å². The first-order valence-corrected chi connectivity index (χ1v) is 7.42. The van der Waals surface area contributed by atoms with E-state index in [9.17, 15) is 31.1 Å². The van der Waals surface area contributed by atoms with Crippen molar-refractivity contribution in [2.45, 2.75) is 18.8 Å². The van der Waals surface area contributed by atoms with E-state index < -0.39 is 40.6 Å². The van der Waals surface area contributed by atoms with Crippen LogP contribution < -0.4 is 10.6 Å². The third-order valence-corrected chi connectivity index (χ3v) is 3.15. The van der Waals surface area contributed by atoms with Crippen LogP contribution in [0, 0.1) is 11.3 Å². The molecule has 1 aromatic rings. The second kappa shape index (κ2) is 9.27. The first-order chi connectivity index (χ1) is 12.5. The Kier molecular flexibility index (Phi) is 7.66. The number of hydrogen-bond acceptors (Lipinski definition) is 4. The number of nitrogens with one attached hydrogen (secondary N) is 2. The van der Waals surface area contributed by atoms with Crippen LogP contribution in [0.25, 0.3) is 0 Å². The Balaban J connectivity index is 3.03. The SMILES string of the molecule is COCCCNC(=O)/C(C#N)=C\Nc1cc(C(F)(F)F)cc(C(F)(F)F)c1. The number of amides is 1. The Morgan fingerprint density at radius 3 is 2.15 bits per heavy atom. The van der Waals surface area contributed by atoms with Crippen molar-refractivity contribution in [3.8, 4) is 6.07 Å². The Labute approximate surface area is 150 Å². The number of benzene rings is 1.